The Hall–Kier alpha value is -3.13. The van der Waals surface area contributed by atoms with E-state index >= 15 is 0 Å². The second-order valence-corrected chi connectivity index (χ2v) is 8.02. The van der Waals surface area contributed by atoms with Gasteiger partial charge >= 0.3 is 0 Å². The molecular weight excluding hydrogens is 366 g/mol. The van der Waals surface area contributed by atoms with Crippen molar-refractivity contribution in [1.29, 1.82) is 0 Å². The monoisotopic (exact) mass is 389 g/mol. The van der Waals surface area contributed by atoms with Crippen LogP contribution in [0, 0.1) is 0 Å². The number of hydrogen-bond donors (Lipinski definition) is 2. The van der Waals surface area contributed by atoms with Crippen LogP contribution in [0.2, 0.25) is 0 Å². The molecule has 1 fully saturated rings. The highest BCUT2D eigenvalue weighted by Crippen LogP contribution is 2.43. The predicted octanol–water partition coefficient (Wildman–Crippen LogP) is 2.50. The molecule has 8 heteroatoms. The van der Waals surface area contributed by atoms with Gasteiger partial charge in [0.25, 0.3) is 0 Å². The van der Waals surface area contributed by atoms with Crippen molar-refractivity contribution in [2.24, 2.45) is 7.05 Å². The first-order chi connectivity index (χ1) is 14.1. The second kappa shape index (κ2) is 5.93. The summed E-state index contributed by atoms with van der Waals surface area (Å²) >= 11 is 0. The van der Waals surface area contributed by atoms with Crippen molar-refractivity contribution in [2.45, 2.75) is 24.9 Å². The lowest BCUT2D eigenvalue weighted by Gasteiger charge is -2.43. The molecule has 2 aliphatic rings. The predicted molar refractivity (Wildman–Crippen MR) is 112 cm³/mol. The van der Waals surface area contributed by atoms with Crippen molar-refractivity contribution in [3.05, 3.63) is 41.7 Å². The number of aromatic nitrogens is 5. The van der Waals surface area contributed by atoms with Crippen LogP contribution in [0.4, 0.5) is 11.8 Å². The molecule has 0 saturated carbocycles. The average Bonchev–Trinajstić information content (AvgIpc) is 3.31. The Balaban J connectivity index is 1.33. The topological polar surface area (TPSA) is 97.9 Å². The lowest BCUT2D eigenvalue weighted by Crippen LogP contribution is -2.47. The number of aryl methyl sites for hydroxylation is 1. The number of nitrogens with two attached hydrogens (primary N) is 1. The minimum absolute atomic E-state index is 0.259. The third-order valence-electron chi connectivity index (χ3n) is 6.46. The van der Waals surface area contributed by atoms with Crippen molar-refractivity contribution >= 4 is 33.7 Å². The second-order valence-electron chi connectivity index (χ2n) is 8.02. The molecule has 6 rings (SSSR count). The van der Waals surface area contributed by atoms with Crippen LogP contribution in [-0.4, -0.2) is 44.4 Å². The van der Waals surface area contributed by atoms with Gasteiger partial charge in [0, 0.05) is 31.0 Å². The standard InChI is InChI=1S/C21H23N7O/c1-27-19-15(12-23-27)18(22)25-20(26-19)28-9-7-21(8-10-28)17-14(6-11-29-21)13-4-2-3-5-16(13)24-17/h2-5,12,24H,6-11H2,1H3,(H2,22,25,26). The molecule has 1 saturated heterocycles. The molecule has 3 N–H and O–H groups in total. The first kappa shape index (κ1) is 16.8. The van der Waals surface area contributed by atoms with E-state index < -0.39 is 0 Å². The number of ether oxygens (including phenoxy) is 1. The fourth-order valence-corrected chi connectivity index (χ4v) is 4.90. The number of aromatic amines is 1. The molecule has 1 aromatic carbocycles. The third-order valence-corrected chi connectivity index (χ3v) is 6.46. The van der Waals surface area contributed by atoms with Crippen LogP contribution in [0.15, 0.2) is 30.5 Å². The van der Waals surface area contributed by atoms with E-state index in [1.54, 1.807) is 10.9 Å². The Morgan fingerprint density at radius 2 is 1.97 bits per heavy atom. The van der Waals surface area contributed by atoms with Crippen molar-refractivity contribution in [3.8, 4) is 0 Å². The molecule has 3 aromatic heterocycles. The Morgan fingerprint density at radius 3 is 2.83 bits per heavy atom. The Kier molecular flexibility index (Phi) is 3.44. The van der Waals surface area contributed by atoms with E-state index in [4.69, 9.17) is 15.5 Å². The zero-order valence-electron chi connectivity index (χ0n) is 16.4. The quantitative estimate of drug-likeness (QED) is 0.519. The van der Waals surface area contributed by atoms with Crippen molar-refractivity contribution in [2.75, 3.05) is 30.3 Å². The molecule has 148 valence electrons. The van der Waals surface area contributed by atoms with Gasteiger partial charge in [-0.05, 0) is 30.9 Å². The van der Waals surface area contributed by atoms with Crippen LogP contribution < -0.4 is 10.6 Å². The van der Waals surface area contributed by atoms with Crippen LogP contribution >= 0.6 is 0 Å². The number of piperidine rings is 1. The van der Waals surface area contributed by atoms with E-state index in [0.717, 1.165) is 50.0 Å². The summed E-state index contributed by atoms with van der Waals surface area (Å²) < 4.78 is 8.15. The maximum atomic E-state index is 6.41. The van der Waals surface area contributed by atoms with Gasteiger partial charge in [-0.2, -0.15) is 15.1 Å². The molecule has 5 heterocycles. The lowest BCUT2D eigenvalue weighted by molar-refractivity contribution is -0.0791. The highest BCUT2D eigenvalue weighted by atomic mass is 16.5. The number of H-pyrrole nitrogens is 1. The molecular formula is C21H23N7O. The van der Waals surface area contributed by atoms with Crippen LogP contribution in [0.25, 0.3) is 21.9 Å². The fourth-order valence-electron chi connectivity index (χ4n) is 4.90. The van der Waals surface area contributed by atoms with Crippen LogP contribution in [-0.2, 0) is 23.8 Å². The minimum Gasteiger partial charge on any atom is -0.383 e. The average molecular weight is 389 g/mol. The van der Waals surface area contributed by atoms with Gasteiger partial charge in [0.05, 0.1) is 23.9 Å². The number of nitrogen functional groups attached to an aromatic ring is 1. The van der Waals surface area contributed by atoms with Crippen molar-refractivity contribution in [3.63, 3.8) is 0 Å². The maximum Gasteiger partial charge on any atom is 0.229 e. The van der Waals surface area contributed by atoms with E-state index in [1.807, 2.05) is 7.05 Å². The summed E-state index contributed by atoms with van der Waals surface area (Å²) in [6, 6.07) is 8.54. The smallest absolute Gasteiger partial charge is 0.229 e. The van der Waals surface area contributed by atoms with Gasteiger partial charge < -0.3 is 20.4 Å². The maximum absolute atomic E-state index is 6.41. The number of rotatable bonds is 1. The van der Waals surface area contributed by atoms with E-state index in [-0.39, 0.29) is 5.60 Å². The molecule has 0 radical (unpaired) electrons. The lowest BCUT2D eigenvalue weighted by atomic mass is 9.83. The Morgan fingerprint density at radius 1 is 1.14 bits per heavy atom. The molecule has 0 unspecified atom stereocenters. The number of anilines is 2. The summed E-state index contributed by atoms with van der Waals surface area (Å²) in [6.07, 6.45) is 4.45. The van der Waals surface area contributed by atoms with E-state index in [9.17, 15) is 0 Å². The Labute approximate surface area is 167 Å². The van der Waals surface area contributed by atoms with E-state index in [1.165, 1.54) is 22.2 Å². The number of nitrogens with zero attached hydrogens (tertiary/aromatic N) is 5. The first-order valence-electron chi connectivity index (χ1n) is 10.1. The number of nitrogens with one attached hydrogen (secondary N) is 1. The van der Waals surface area contributed by atoms with Gasteiger partial charge in [-0.25, -0.2) is 0 Å². The zero-order chi connectivity index (χ0) is 19.6. The molecule has 4 aromatic rings. The largest absolute Gasteiger partial charge is 0.383 e. The third kappa shape index (κ3) is 2.38. The molecule has 29 heavy (non-hydrogen) atoms. The van der Waals surface area contributed by atoms with Gasteiger partial charge in [0.1, 0.15) is 11.4 Å². The zero-order valence-corrected chi connectivity index (χ0v) is 16.4. The first-order valence-corrected chi connectivity index (χ1v) is 10.1. The normalized spacial score (nSPS) is 18.6. The van der Waals surface area contributed by atoms with Crippen molar-refractivity contribution < 1.29 is 4.74 Å². The van der Waals surface area contributed by atoms with Gasteiger partial charge in [0.15, 0.2) is 5.65 Å². The van der Waals surface area contributed by atoms with Gasteiger partial charge in [0.2, 0.25) is 5.95 Å². The minimum atomic E-state index is -0.259. The number of fused-ring (bicyclic) bond motifs is 5. The highest BCUT2D eigenvalue weighted by molar-refractivity contribution is 5.86. The summed E-state index contributed by atoms with van der Waals surface area (Å²) in [5.74, 6) is 1.14. The summed E-state index contributed by atoms with van der Waals surface area (Å²) in [4.78, 5) is 15.1. The molecule has 1 spiro atoms. The molecule has 0 amide bonds. The number of para-hydroxylation sites is 1. The molecule has 2 aliphatic heterocycles. The van der Waals surface area contributed by atoms with Gasteiger partial charge in [-0.1, -0.05) is 18.2 Å². The number of benzene rings is 1. The van der Waals surface area contributed by atoms with Crippen LogP contribution in [0.3, 0.4) is 0 Å². The molecule has 0 aliphatic carbocycles. The molecule has 0 atom stereocenters. The van der Waals surface area contributed by atoms with E-state index in [0.29, 0.717) is 11.8 Å². The summed E-state index contributed by atoms with van der Waals surface area (Å²) in [7, 11) is 1.87. The fraction of sp³-hybridized carbons (Fsp3) is 0.381. The Bertz CT molecular complexity index is 1230. The van der Waals surface area contributed by atoms with Gasteiger partial charge in [-0.3, -0.25) is 4.68 Å². The summed E-state index contributed by atoms with van der Waals surface area (Å²) in [5, 5.41) is 6.37. The summed E-state index contributed by atoms with van der Waals surface area (Å²) in [6.45, 7) is 2.40. The van der Waals surface area contributed by atoms with Crippen molar-refractivity contribution in [1.82, 2.24) is 24.7 Å². The van der Waals surface area contributed by atoms with Crippen LogP contribution in [0.1, 0.15) is 24.1 Å². The highest BCUT2D eigenvalue weighted by Gasteiger charge is 2.43. The molecule has 0 bridgehead atoms. The van der Waals surface area contributed by atoms with Gasteiger partial charge in [-0.15, -0.1) is 0 Å². The summed E-state index contributed by atoms with van der Waals surface area (Å²) in [5.41, 5.74) is 10.5. The van der Waals surface area contributed by atoms with E-state index in [2.05, 4.69) is 44.2 Å². The molecule has 8 nitrogen and oxygen atoms in total. The van der Waals surface area contributed by atoms with Crippen LogP contribution in [0.5, 0.6) is 0 Å². The SMILES string of the molecule is Cn1ncc2c(N)nc(N3CCC4(CC3)OCCc3c4[nH]c4ccccc34)nc21. The number of hydrogen-bond acceptors (Lipinski definition) is 6.